The van der Waals surface area contributed by atoms with Gasteiger partial charge in [-0.25, -0.2) is 0 Å². The number of nitrogens with one attached hydrogen (secondary N) is 1. The highest BCUT2D eigenvalue weighted by Crippen LogP contribution is 2.33. The molecule has 2 rings (SSSR count). The van der Waals surface area contributed by atoms with E-state index in [1.54, 1.807) is 0 Å². The van der Waals surface area contributed by atoms with Crippen LogP contribution in [0.2, 0.25) is 5.02 Å². The highest BCUT2D eigenvalue weighted by atomic mass is 35.5. The molecule has 1 aromatic carbocycles. The van der Waals surface area contributed by atoms with E-state index in [0.717, 1.165) is 37.7 Å². The van der Waals surface area contributed by atoms with Gasteiger partial charge in [0.15, 0.2) is 0 Å². The van der Waals surface area contributed by atoms with Gasteiger partial charge in [0.05, 0.1) is 0 Å². The molecule has 1 heterocycles. The van der Waals surface area contributed by atoms with Crippen LogP contribution >= 0.6 is 11.6 Å². The van der Waals surface area contributed by atoms with Crippen LogP contribution in [0.4, 0.5) is 0 Å². The van der Waals surface area contributed by atoms with E-state index in [2.05, 4.69) is 17.4 Å². The highest BCUT2D eigenvalue weighted by molar-refractivity contribution is 6.30. The van der Waals surface area contributed by atoms with Crippen LogP contribution in [0.5, 0.6) is 0 Å². The lowest BCUT2D eigenvalue weighted by Crippen LogP contribution is -2.56. The number of hydrogen-bond donors (Lipinski definition) is 1. The van der Waals surface area contributed by atoms with Crippen molar-refractivity contribution in [3.05, 3.63) is 34.9 Å². The lowest BCUT2D eigenvalue weighted by molar-refractivity contribution is 0.129. The molecule has 0 radical (unpaired) electrons. The fourth-order valence-corrected chi connectivity index (χ4v) is 2.54. The SMILES string of the molecule is CCOCCCC1(c2ccc(Cl)cc2)CNC1. The minimum absolute atomic E-state index is 0.307. The van der Waals surface area contributed by atoms with Crippen LogP contribution in [0.25, 0.3) is 0 Å². The summed E-state index contributed by atoms with van der Waals surface area (Å²) in [7, 11) is 0. The molecule has 1 saturated heterocycles. The maximum atomic E-state index is 5.93. The number of hydrogen-bond acceptors (Lipinski definition) is 2. The first kappa shape index (κ1) is 12.9. The minimum Gasteiger partial charge on any atom is -0.382 e. The second-order valence-corrected chi connectivity index (χ2v) is 5.13. The Morgan fingerprint density at radius 3 is 2.53 bits per heavy atom. The summed E-state index contributed by atoms with van der Waals surface area (Å²) in [6.07, 6.45) is 2.31. The topological polar surface area (TPSA) is 21.3 Å². The molecule has 1 fully saturated rings. The van der Waals surface area contributed by atoms with Crippen LogP contribution in [-0.4, -0.2) is 26.3 Å². The highest BCUT2D eigenvalue weighted by Gasteiger charge is 2.37. The Kier molecular flexibility index (Phi) is 4.43. The molecule has 17 heavy (non-hydrogen) atoms. The van der Waals surface area contributed by atoms with Gasteiger partial charge in [-0.2, -0.15) is 0 Å². The Morgan fingerprint density at radius 2 is 2.00 bits per heavy atom. The van der Waals surface area contributed by atoms with Crippen LogP contribution < -0.4 is 5.32 Å². The normalized spacial score (nSPS) is 17.8. The second kappa shape index (κ2) is 5.85. The third-order valence-electron chi connectivity index (χ3n) is 3.53. The standard InChI is InChI=1S/C14H20ClNO/c1-2-17-9-3-8-14(10-16-11-14)12-4-6-13(15)7-5-12/h4-7,16H,2-3,8-11H2,1H3. The van der Waals surface area contributed by atoms with Gasteiger partial charge in [-0.1, -0.05) is 23.7 Å². The molecule has 94 valence electrons. The van der Waals surface area contributed by atoms with Crippen LogP contribution in [0.1, 0.15) is 25.3 Å². The first-order valence-electron chi connectivity index (χ1n) is 6.31. The molecule has 0 aliphatic carbocycles. The van der Waals surface area contributed by atoms with Crippen molar-refractivity contribution >= 4 is 11.6 Å². The van der Waals surface area contributed by atoms with Gasteiger partial charge in [0.1, 0.15) is 0 Å². The summed E-state index contributed by atoms with van der Waals surface area (Å²) in [4.78, 5) is 0. The maximum Gasteiger partial charge on any atom is 0.0466 e. The predicted molar refractivity (Wildman–Crippen MR) is 71.7 cm³/mol. The van der Waals surface area contributed by atoms with Crippen LogP contribution in [-0.2, 0) is 10.2 Å². The van der Waals surface area contributed by atoms with Crippen molar-refractivity contribution < 1.29 is 4.74 Å². The molecule has 1 aliphatic heterocycles. The summed E-state index contributed by atoms with van der Waals surface area (Å²) in [6, 6.07) is 8.28. The van der Waals surface area contributed by atoms with Crippen molar-refractivity contribution in [2.75, 3.05) is 26.3 Å². The van der Waals surface area contributed by atoms with E-state index in [0.29, 0.717) is 5.41 Å². The smallest absolute Gasteiger partial charge is 0.0466 e. The number of benzene rings is 1. The quantitative estimate of drug-likeness (QED) is 0.787. The Hall–Kier alpha value is -0.570. The molecule has 0 unspecified atom stereocenters. The van der Waals surface area contributed by atoms with Crippen molar-refractivity contribution in [2.24, 2.45) is 0 Å². The Labute approximate surface area is 108 Å². The largest absolute Gasteiger partial charge is 0.382 e. The van der Waals surface area contributed by atoms with E-state index in [1.165, 1.54) is 12.0 Å². The summed E-state index contributed by atoms with van der Waals surface area (Å²) >= 11 is 5.93. The Balaban J connectivity index is 1.96. The summed E-state index contributed by atoms with van der Waals surface area (Å²) in [5, 5.41) is 4.19. The average Bonchev–Trinajstić information content (AvgIpc) is 2.29. The fraction of sp³-hybridized carbons (Fsp3) is 0.571. The zero-order valence-corrected chi connectivity index (χ0v) is 11.1. The van der Waals surface area contributed by atoms with Gasteiger partial charge in [0, 0.05) is 36.7 Å². The molecule has 0 saturated carbocycles. The molecule has 0 spiro atoms. The van der Waals surface area contributed by atoms with Gasteiger partial charge in [-0.3, -0.25) is 0 Å². The van der Waals surface area contributed by atoms with E-state index >= 15 is 0 Å². The molecular formula is C14H20ClNO. The molecule has 0 atom stereocenters. The predicted octanol–water partition coefficient (Wildman–Crippen LogP) is 3.00. The van der Waals surface area contributed by atoms with E-state index < -0.39 is 0 Å². The summed E-state index contributed by atoms with van der Waals surface area (Å²) in [5.41, 5.74) is 1.71. The summed E-state index contributed by atoms with van der Waals surface area (Å²) < 4.78 is 5.41. The van der Waals surface area contributed by atoms with E-state index in [-0.39, 0.29) is 0 Å². The molecule has 1 aliphatic rings. The van der Waals surface area contributed by atoms with Gasteiger partial charge in [0.25, 0.3) is 0 Å². The van der Waals surface area contributed by atoms with Crippen molar-refractivity contribution in [2.45, 2.75) is 25.2 Å². The van der Waals surface area contributed by atoms with Gasteiger partial charge >= 0.3 is 0 Å². The first-order chi connectivity index (χ1) is 8.27. The van der Waals surface area contributed by atoms with Crippen LogP contribution in [0, 0.1) is 0 Å². The molecule has 0 aromatic heterocycles. The third kappa shape index (κ3) is 3.01. The van der Waals surface area contributed by atoms with E-state index in [1.807, 2.05) is 19.1 Å². The first-order valence-corrected chi connectivity index (χ1v) is 6.69. The van der Waals surface area contributed by atoms with Crippen molar-refractivity contribution in [3.63, 3.8) is 0 Å². The molecule has 1 N–H and O–H groups in total. The number of halogens is 1. The van der Waals surface area contributed by atoms with Crippen LogP contribution in [0.15, 0.2) is 24.3 Å². The molecule has 2 nitrogen and oxygen atoms in total. The third-order valence-corrected chi connectivity index (χ3v) is 3.78. The average molecular weight is 254 g/mol. The van der Waals surface area contributed by atoms with Gasteiger partial charge in [-0.05, 0) is 37.5 Å². The lowest BCUT2D eigenvalue weighted by atomic mass is 9.72. The molecule has 3 heteroatoms. The number of rotatable bonds is 6. The van der Waals surface area contributed by atoms with Crippen molar-refractivity contribution in [1.82, 2.24) is 5.32 Å². The molecule has 1 aromatic rings. The van der Waals surface area contributed by atoms with Gasteiger partial charge in [-0.15, -0.1) is 0 Å². The lowest BCUT2D eigenvalue weighted by Gasteiger charge is -2.43. The molecule has 0 amide bonds. The van der Waals surface area contributed by atoms with Crippen molar-refractivity contribution in [3.8, 4) is 0 Å². The van der Waals surface area contributed by atoms with Crippen molar-refractivity contribution in [1.29, 1.82) is 0 Å². The molecule has 0 bridgehead atoms. The minimum atomic E-state index is 0.307. The number of ether oxygens (including phenoxy) is 1. The zero-order valence-electron chi connectivity index (χ0n) is 10.3. The fourth-order valence-electron chi connectivity index (χ4n) is 2.41. The second-order valence-electron chi connectivity index (χ2n) is 4.69. The monoisotopic (exact) mass is 253 g/mol. The van der Waals surface area contributed by atoms with E-state index in [9.17, 15) is 0 Å². The summed E-state index contributed by atoms with van der Waals surface area (Å²) in [5.74, 6) is 0. The Bertz CT molecular complexity index is 346. The Morgan fingerprint density at radius 1 is 1.29 bits per heavy atom. The van der Waals surface area contributed by atoms with Crippen LogP contribution in [0.3, 0.4) is 0 Å². The molecular weight excluding hydrogens is 234 g/mol. The van der Waals surface area contributed by atoms with Gasteiger partial charge in [0.2, 0.25) is 0 Å². The zero-order chi connectivity index (χ0) is 12.1. The summed E-state index contributed by atoms with van der Waals surface area (Å²) in [6.45, 7) is 5.86. The maximum absolute atomic E-state index is 5.93. The van der Waals surface area contributed by atoms with E-state index in [4.69, 9.17) is 16.3 Å². The van der Waals surface area contributed by atoms with Gasteiger partial charge < -0.3 is 10.1 Å².